The Morgan fingerprint density at radius 3 is 2.67 bits per heavy atom. The maximum Gasteiger partial charge on any atom is 0.0947 e. The van der Waals surface area contributed by atoms with Gasteiger partial charge in [-0.2, -0.15) is 0 Å². The first-order valence-electron chi connectivity index (χ1n) is 2.85. The van der Waals surface area contributed by atoms with Gasteiger partial charge in [-0.05, 0) is 12.8 Å². The SMILES string of the molecule is OC1[C]CCC(O)C1=S. The van der Waals surface area contributed by atoms with Gasteiger partial charge >= 0.3 is 0 Å². The molecule has 0 spiro atoms. The van der Waals surface area contributed by atoms with Crippen LogP contribution < -0.4 is 0 Å². The highest BCUT2D eigenvalue weighted by Gasteiger charge is 2.24. The Labute approximate surface area is 59.5 Å². The fraction of sp³-hybridized carbons (Fsp3) is 0.667. The lowest BCUT2D eigenvalue weighted by Gasteiger charge is -2.21. The van der Waals surface area contributed by atoms with Crippen molar-refractivity contribution in [1.29, 1.82) is 0 Å². The Bertz CT molecular complexity index is 112. The van der Waals surface area contributed by atoms with E-state index in [4.69, 9.17) is 10.2 Å². The molecule has 0 aromatic heterocycles. The van der Waals surface area contributed by atoms with Crippen LogP contribution in [0.5, 0.6) is 0 Å². The lowest BCUT2D eigenvalue weighted by Crippen LogP contribution is -2.35. The van der Waals surface area contributed by atoms with Crippen molar-refractivity contribution < 1.29 is 10.2 Å². The van der Waals surface area contributed by atoms with E-state index in [0.717, 1.165) is 0 Å². The van der Waals surface area contributed by atoms with Crippen LogP contribution in [0.15, 0.2) is 0 Å². The van der Waals surface area contributed by atoms with Crippen molar-refractivity contribution in [3.8, 4) is 0 Å². The molecule has 0 saturated heterocycles. The van der Waals surface area contributed by atoms with Crippen molar-refractivity contribution in [2.24, 2.45) is 0 Å². The second kappa shape index (κ2) is 2.73. The van der Waals surface area contributed by atoms with Crippen LogP contribution in [-0.2, 0) is 0 Å². The summed E-state index contributed by atoms with van der Waals surface area (Å²) in [6, 6.07) is 0. The summed E-state index contributed by atoms with van der Waals surface area (Å²) in [5, 5.41) is 17.9. The van der Waals surface area contributed by atoms with Gasteiger partial charge in [-0.25, -0.2) is 0 Å². The van der Waals surface area contributed by atoms with Crippen molar-refractivity contribution in [3.63, 3.8) is 0 Å². The monoisotopic (exact) mass is 144 g/mol. The largest absolute Gasteiger partial charge is 0.388 e. The summed E-state index contributed by atoms with van der Waals surface area (Å²) in [4.78, 5) is 0.307. The van der Waals surface area contributed by atoms with Crippen LogP contribution in [0.1, 0.15) is 12.8 Å². The first-order valence-corrected chi connectivity index (χ1v) is 3.26. The van der Waals surface area contributed by atoms with Gasteiger partial charge in [0.25, 0.3) is 0 Å². The maximum absolute atomic E-state index is 9.01. The minimum atomic E-state index is -0.788. The van der Waals surface area contributed by atoms with E-state index in [1.807, 2.05) is 0 Å². The van der Waals surface area contributed by atoms with Gasteiger partial charge in [-0.1, -0.05) is 12.2 Å². The number of aliphatic hydroxyl groups is 2. The second-order valence-electron chi connectivity index (χ2n) is 2.06. The van der Waals surface area contributed by atoms with Gasteiger partial charge in [-0.15, -0.1) is 0 Å². The minimum absolute atomic E-state index is 0.307. The molecule has 2 atom stereocenters. The molecule has 0 amide bonds. The highest BCUT2D eigenvalue weighted by molar-refractivity contribution is 7.80. The fourth-order valence-electron chi connectivity index (χ4n) is 0.782. The Kier molecular flexibility index (Phi) is 2.16. The van der Waals surface area contributed by atoms with Crippen LogP contribution >= 0.6 is 12.2 Å². The van der Waals surface area contributed by atoms with Crippen LogP contribution in [0.3, 0.4) is 0 Å². The molecule has 0 aromatic carbocycles. The van der Waals surface area contributed by atoms with Crippen molar-refractivity contribution >= 4 is 17.1 Å². The van der Waals surface area contributed by atoms with Gasteiger partial charge in [-0.3, -0.25) is 0 Å². The first-order chi connectivity index (χ1) is 4.22. The molecule has 0 aromatic rings. The van der Waals surface area contributed by atoms with Gasteiger partial charge < -0.3 is 10.2 Å². The molecule has 3 heteroatoms. The van der Waals surface area contributed by atoms with Gasteiger partial charge in [0.15, 0.2) is 0 Å². The van der Waals surface area contributed by atoms with E-state index in [-0.39, 0.29) is 0 Å². The molecule has 0 heterocycles. The third-order valence-corrected chi connectivity index (χ3v) is 1.85. The van der Waals surface area contributed by atoms with Crippen LogP contribution in [0.4, 0.5) is 0 Å². The summed E-state index contributed by atoms with van der Waals surface area (Å²) in [5.41, 5.74) is 0. The Morgan fingerprint density at radius 2 is 2.22 bits per heavy atom. The summed E-state index contributed by atoms with van der Waals surface area (Å²) >= 11 is 4.69. The molecule has 1 fully saturated rings. The molecule has 9 heavy (non-hydrogen) atoms. The van der Waals surface area contributed by atoms with Crippen molar-refractivity contribution in [3.05, 3.63) is 6.42 Å². The molecule has 0 bridgehead atoms. The van der Waals surface area contributed by atoms with Crippen LogP contribution in [0.25, 0.3) is 0 Å². The molecule has 1 aliphatic carbocycles. The average molecular weight is 144 g/mol. The van der Waals surface area contributed by atoms with E-state index in [1.165, 1.54) is 0 Å². The zero-order valence-electron chi connectivity index (χ0n) is 4.87. The normalized spacial score (nSPS) is 36.9. The lowest BCUT2D eigenvalue weighted by molar-refractivity contribution is 0.183. The maximum atomic E-state index is 9.01. The number of thiocarbonyl (C=S) groups is 1. The van der Waals surface area contributed by atoms with Crippen molar-refractivity contribution in [2.75, 3.05) is 0 Å². The van der Waals surface area contributed by atoms with Crippen molar-refractivity contribution in [2.45, 2.75) is 25.0 Å². The Morgan fingerprint density at radius 1 is 1.56 bits per heavy atom. The highest BCUT2D eigenvalue weighted by Crippen LogP contribution is 2.15. The van der Waals surface area contributed by atoms with Crippen LogP contribution in [0, 0.1) is 6.42 Å². The Balaban J connectivity index is 2.52. The summed E-state index contributed by atoms with van der Waals surface area (Å²) in [7, 11) is 0. The molecule has 2 unspecified atom stereocenters. The number of hydrogen-bond donors (Lipinski definition) is 2. The van der Waals surface area contributed by atoms with E-state index in [0.29, 0.717) is 17.7 Å². The number of rotatable bonds is 0. The average Bonchev–Trinajstić information content (AvgIpc) is 1.83. The fourth-order valence-corrected chi connectivity index (χ4v) is 0.983. The quantitative estimate of drug-likeness (QED) is 0.468. The molecule has 50 valence electrons. The second-order valence-corrected chi connectivity index (χ2v) is 2.53. The molecule has 0 aliphatic heterocycles. The topological polar surface area (TPSA) is 40.5 Å². The standard InChI is InChI=1S/C6H8O2S/c7-4-2-1-3-5(8)6(4)9/h4-5,7-8H,1-2H2. The summed E-state index contributed by atoms with van der Waals surface area (Å²) in [6.07, 6.45) is 2.56. The molecule has 1 aliphatic rings. The number of hydrogen-bond acceptors (Lipinski definition) is 3. The summed E-state index contributed by atoms with van der Waals surface area (Å²) < 4.78 is 0. The molecule has 2 nitrogen and oxygen atoms in total. The molecule has 1 saturated carbocycles. The van der Waals surface area contributed by atoms with E-state index < -0.39 is 12.2 Å². The van der Waals surface area contributed by atoms with E-state index in [2.05, 4.69) is 18.6 Å². The van der Waals surface area contributed by atoms with Crippen LogP contribution in [0.2, 0.25) is 0 Å². The smallest absolute Gasteiger partial charge is 0.0947 e. The van der Waals surface area contributed by atoms with Gasteiger partial charge in [0.1, 0.15) is 0 Å². The molecule has 1 rings (SSSR count). The predicted octanol–water partition coefficient (Wildman–Crippen LogP) is -0.0468. The number of aliphatic hydroxyl groups excluding tert-OH is 2. The molecule has 2 N–H and O–H groups in total. The molecular formula is C6H8O2S. The molecular weight excluding hydrogens is 136 g/mol. The molecule has 2 radical (unpaired) electrons. The van der Waals surface area contributed by atoms with Gasteiger partial charge in [0, 0.05) is 6.42 Å². The predicted molar refractivity (Wildman–Crippen MR) is 37.1 cm³/mol. The van der Waals surface area contributed by atoms with E-state index in [1.54, 1.807) is 0 Å². The summed E-state index contributed by atoms with van der Waals surface area (Å²) in [6.45, 7) is 0. The zero-order chi connectivity index (χ0) is 6.85. The van der Waals surface area contributed by atoms with Gasteiger partial charge in [0.2, 0.25) is 0 Å². The first kappa shape index (κ1) is 7.12. The highest BCUT2D eigenvalue weighted by atomic mass is 32.1. The third kappa shape index (κ3) is 1.47. The lowest BCUT2D eigenvalue weighted by atomic mass is 9.95. The third-order valence-electron chi connectivity index (χ3n) is 1.35. The van der Waals surface area contributed by atoms with Crippen LogP contribution in [-0.4, -0.2) is 27.3 Å². The zero-order valence-corrected chi connectivity index (χ0v) is 5.69. The van der Waals surface area contributed by atoms with Crippen molar-refractivity contribution in [1.82, 2.24) is 0 Å². The summed E-state index contributed by atoms with van der Waals surface area (Å²) in [5.74, 6) is 0. The Hall–Kier alpha value is 0.01000. The van der Waals surface area contributed by atoms with E-state index >= 15 is 0 Å². The van der Waals surface area contributed by atoms with E-state index in [9.17, 15) is 0 Å². The van der Waals surface area contributed by atoms with Gasteiger partial charge in [0.05, 0.1) is 17.1 Å². The minimum Gasteiger partial charge on any atom is -0.388 e.